The van der Waals surface area contributed by atoms with Crippen LogP contribution in [-0.2, 0) is 18.9 Å². The Morgan fingerprint density at radius 1 is 0.528 bits per heavy atom. The van der Waals surface area contributed by atoms with Crippen LogP contribution in [-0.4, -0.2) is 3.21 Å². The van der Waals surface area contributed by atoms with Gasteiger partial charge in [-0.05, 0) is 0 Å². The maximum atomic E-state index is 5.54. The molecule has 0 saturated carbocycles. The first-order valence-electron chi connectivity index (χ1n) is 11.9. The molecule has 0 nitrogen and oxygen atoms in total. The summed E-state index contributed by atoms with van der Waals surface area (Å²) in [5.74, 6) is 0. The van der Waals surface area contributed by atoms with E-state index in [1.54, 1.807) is 0 Å². The third kappa shape index (κ3) is 7.24. The number of fused-ring (bicyclic) bond motifs is 2. The predicted molar refractivity (Wildman–Crippen MR) is 158 cm³/mol. The number of hydrogen-bond donors (Lipinski definition) is 0. The Bertz CT molecular complexity index is 1360. The van der Waals surface area contributed by atoms with Gasteiger partial charge in [-0.1, -0.05) is 108 Å². The van der Waals surface area contributed by atoms with Gasteiger partial charge in [-0.2, -0.15) is 0 Å². The van der Waals surface area contributed by atoms with Gasteiger partial charge in [-0.15, -0.1) is 69.1 Å². The molecule has 0 aromatic heterocycles. The molecule has 0 aliphatic heterocycles. The molecule has 180 valence electrons. The van der Waals surface area contributed by atoms with Crippen LogP contribution in [0.2, 0.25) is 0 Å². The predicted octanol–water partition coefficient (Wildman–Crippen LogP) is 10.6. The Balaban J connectivity index is 0.000000139. The van der Waals surface area contributed by atoms with Crippen LogP contribution in [0.15, 0.2) is 133 Å². The molecule has 0 aliphatic rings. The molecular formula is C33H28Cl2Zr-2. The molecule has 0 radical (unpaired) electrons. The Morgan fingerprint density at radius 3 is 1.19 bits per heavy atom. The molecule has 36 heavy (non-hydrogen) atoms. The quantitative estimate of drug-likeness (QED) is 0.177. The Kier molecular flexibility index (Phi) is 9.65. The van der Waals surface area contributed by atoms with Crippen molar-refractivity contribution in [3.05, 3.63) is 133 Å². The van der Waals surface area contributed by atoms with Gasteiger partial charge in [0, 0.05) is 0 Å². The molecule has 6 aromatic rings. The number of hydrogen-bond acceptors (Lipinski definition) is 0. The fourth-order valence-electron chi connectivity index (χ4n) is 3.90. The van der Waals surface area contributed by atoms with Crippen LogP contribution in [0.3, 0.4) is 0 Å². The molecule has 0 N–H and O–H groups in total. The van der Waals surface area contributed by atoms with E-state index in [0.29, 0.717) is 0 Å². The van der Waals surface area contributed by atoms with Crippen molar-refractivity contribution >= 4 is 41.8 Å². The molecule has 3 heteroatoms. The van der Waals surface area contributed by atoms with Crippen molar-refractivity contribution in [2.75, 3.05) is 0 Å². The monoisotopic (exact) mass is 584 g/mol. The molecule has 0 heterocycles. The van der Waals surface area contributed by atoms with Gasteiger partial charge in [0.25, 0.3) is 0 Å². The molecule has 6 rings (SSSR count). The summed E-state index contributed by atoms with van der Waals surface area (Å²) in [6.45, 7) is 3.96. The van der Waals surface area contributed by atoms with Gasteiger partial charge in [-0.25, -0.2) is 0 Å². The van der Waals surface area contributed by atoms with Crippen molar-refractivity contribution in [3.8, 4) is 22.3 Å². The summed E-state index contributed by atoms with van der Waals surface area (Å²) >= 11 is -1.84. The summed E-state index contributed by atoms with van der Waals surface area (Å²) in [6.07, 6.45) is 0. The van der Waals surface area contributed by atoms with E-state index in [0.717, 1.165) is 0 Å². The summed E-state index contributed by atoms with van der Waals surface area (Å²) in [6, 6.07) is 46.9. The fourth-order valence-corrected chi connectivity index (χ4v) is 3.90. The standard InChI is InChI=1S/2C15H11.C3H6.2ClH.Zr/c2*1-2-6-12(7-3-1)15-10-13-8-4-5-9-14(13)11-15;1-3-2;;;/h2*1-11H;1-2H3;2*1H;/q2*-1;;;;+2/p-2. The molecule has 0 atom stereocenters. The molecular weight excluding hydrogens is 558 g/mol. The van der Waals surface area contributed by atoms with Gasteiger partial charge in [-0.3, -0.25) is 0 Å². The number of benzene rings is 4. The smallest absolute Gasteiger partial charge is 0.0635 e. The van der Waals surface area contributed by atoms with Crippen molar-refractivity contribution in [1.82, 2.24) is 0 Å². The van der Waals surface area contributed by atoms with Crippen molar-refractivity contribution < 1.29 is 18.9 Å². The first kappa shape index (κ1) is 26.5. The van der Waals surface area contributed by atoms with Crippen LogP contribution in [0.5, 0.6) is 0 Å². The van der Waals surface area contributed by atoms with Crippen molar-refractivity contribution in [2.45, 2.75) is 13.8 Å². The van der Waals surface area contributed by atoms with Crippen molar-refractivity contribution in [3.63, 3.8) is 0 Å². The van der Waals surface area contributed by atoms with E-state index in [1.807, 2.05) is 26.0 Å². The van der Waals surface area contributed by atoms with Gasteiger partial charge in [0.1, 0.15) is 0 Å². The summed E-state index contributed by atoms with van der Waals surface area (Å²) in [5, 5.41) is 5.26. The van der Waals surface area contributed by atoms with Crippen LogP contribution in [0.1, 0.15) is 13.8 Å². The molecule has 6 aromatic carbocycles. The van der Waals surface area contributed by atoms with E-state index in [-0.39, 0.29) is 0 Å². The zero-order chi connectivity index (χ0) is 25.3. The van der Waals surface area contributed by atoms with Crippen LogP contribution in [0.4, 0.5) is 0 Å². The van der Waals surface area contributed by atoms with Gasteiger partial charge in [0.05, 0.1) is 0 Å². The minimum atomic E-state index is -1.84. The van der Waals surface area contributed by atoms with Crippen LogP contribution >= 0.6 is 17.0 Å². The number of halogens is 2. The first-order chi connectivity index (χ1) is 17.5. The molecule has 0 fully saturated rings. The summed E-state index contributed by atoms with van der Waals surface area (Å²) in [4.78, 5) is 0. The van der Waals surface area contributed by atoms with Crippen LogP contribution in [0, 0.1) is 0 Å². The Morgan fingerprint density at radius 2 is 0.861 bits per heavy atom. The SMILES string of the molecule is C[C](C)=[Zr]([Cl])[Cl].c1ccc(-c2cc3ccccc3[cH-]2)cc1.c1ccc(-c2cc3ccccc3[cH-]2)cc1. The Hall–Kier alpha value is -2.57. The zero-order valence-electron chi connectivity index (χ0n) is 20.5. The largest absolute Gasteiger partial charge is 0.145 e. The van der Waals surface area contributed by atoms with E-state index in [2.05, 4.69) is 121 Å². The van der Waals surface area contributed by atoms with Crippen molar-refractivity contribution in [2.24, 2.45) is 0 Å². The van der Waals surface area contributed by atoms with E-state index < -0.39 is 18.9 Å². The van der Waals surface area contributed by atoms with Gasteiger partial charge in [0.15, 0.2) is 0 Å². The normalized spacial score (nSPS) is 10.2. The van der Waals surface area contributed by atoms with Gasteiger partial charge < -0.3 is 0 Å². The molecule has 0 unspecified atom stereocenters. The van der Waals surface area contributed by atoms with E-state index >= 15 is 0 Å². The summed E-state index contributed by atoms with van der Waals surface area (Å²) < 4.78 is 1.24. The molecule has 0 spiro atoms. The van der Waals surface area contributed by atoms with Gasteiger partial charge >= 0.3 is 53.0 Å². The third-order valence-electron chi connectivity index (χ3n) is 5.83. The average Bonchev–Trinajstić information content (AvgIpc) is 3.55. The topological polar surface area (TPSA) is 0 Å². The number of rotatable bonds is 2. The minimum absolute atomic E-state index is 1.24. The second-order valence-electron chi connectivity index (χ2n) is 8.74. The maximum Gasteiger partial charge on any atom is -0.0635 e. The summed E-state index contributed by atoms with van der Waals surface area (Å²) in [7, 11) is 11.1. The molecule has 0 amide bonds. The second kappa shape index (κ2) is 13.1. The Labute approximate surface area is 228 Å². The average molecular weight is 587 g/mol. The van der Waals surface area contributed by atoms with Crippen molar-refractivity contribution in [1.29, 1.82) is 0 Å². The van der Waals surface area contributed by atoms with Crippen LogP contribution < -0.4 is 0 Å². The van der Waals surface area contributed by atoms with Gasteiger partial charge in [0.2, 0.25) is 0 Å². The molecule has 0 saturated heterocycles. The van der Waals surface area contributed by atoms with Crippen LogP contribution in [0.25, 0.3) is 43.8 Å². The molecule has 0 aliphatic carbocycles. The zero-order valence-corrected chi connectivity index (χ0v) is 24.4. The second-order valence-corrected chi connectivity index (χ2v) is 18.1. The minimum Gasteiger partial charge on any atom is -0.145 e. The van der Waals surface area contributed by atoms with E-state index in [4.69, 9.17) is 17.0 Å². The third-order valence-corrected chi connectivity index (χ3v) is 12.2. The van der Waals surface area contributed by atoms with E-state index in [1.165, 1.54) is 47.0 Å². The fraction of sp³-hybridized carbons (Fsp3) is 0.0606. The molecule has 0 bridgehead atoms. The maximum absolute atomic E-state index is 5.54. The van der Waals surface area contributed by atoms with E-state index in [9.17, 15) is 0 Å². The summed E-state index contributed by atoms with van der Waals surface area (Å²) in [5.41, 5.74) is 5.18. The first-order valence-corrected chi connectivity index (χ1v) is 19.5.